The molecular weight excluding hydrogens is 224 g/mol. The predicted molar refractivity (Wildman–Crippen MR) is 61.3 cm³/mol. The molecule has 1 aromatic heterocycles. The van der Waals surface area contributed by atoms with Crippen LogP contribution in [0.5, 0.6) is 0 Å². The van der Waals surface area contributed by atoms with E-state index in [4.69, 9.17) is 5.73 Å². The molecule has 0 aromatic carbocycles. The minimum atomic E-state index is -0.376. The van der Waals surface area contributed by atoms with Crippen LogP contribution in [-0.2, 0) is 16.6 Å². The molecule has 1 amide bonds. The van der Waals surface area contributed by atoms with Gasteiger partial charge in [0.15, 0.2) is 0 Å². The zero-order valence-corrected chi connectivity index (χ0v) is 10.1. The third-order valence-corrected chi connectivity index (χ3v) is 2.33. The Hall–Kier alpha value is -2.05. The van der Waals surface area contributed by atoms with Crippen molar-refractivity contribution < 1.29 is 14.3 Å². The van der Waals surface area contributed by atoms with Crippen molar-refractivity contribution in [3.63, 3.8) is 0 Å². The number of nitrogen functional groups attached to an aromatic ring is 1. The number of methoxy groups -OCH3 is 1. The van der Waals surface area contributed by atoms with Gasteiger partial charge in [0.25, 0.3) is 5.91 Å². The Morgan fingerprint density at radius 2 is 2.18 bits per heavy atom. The molecule has 0 aliphatic rings. The first-order valence-electron chi connectivity index (χ1n) is 5.11. The van der Waals surface area contributed by atoms with Crippen molar-refractivity contribution in [3.05, 3.63) is 11.4 Å². The van der Waals surface area contributed by atoms with Gasteiger partial charge < -0.3 is 15.8 Å². The first-order chi connectivity index (χ1) is 7.97. The number of ether oxygens (including phenoxy) is 1. The smallest absolute Gasteiger partial charge is 0.307 e. The van der Waals surface area contributed by atoms with Crippen LogP contribution < -0.4 is 11.1 Å². The highest BCUT2D eigenvalue weighted by Crippen LogP contribution is 2.14. The molecule has 17 heavy (non-hydrogen) atoms. The van der Waals surface area contributed by atoms with Crippen LogP contribution in [0.4, 0.5) is 5.69 Å². The quantitative estimate of drug-likeness (QED) is 0.698. The minimum Gasteiger partial charge on any atom is -0.469 e. The summed E-state index contributed by atoms with van der Waals surface area (Å²) in [5.41, 5.74) is 6.98. The number of nitrogens with zero attached hydrogens (tertiary/aromatic N) is 2. The maximum Gasteiger partial charge on any atom is 0.307 e. The average molecular weight is 240 g/mol. The van der Waals surface area contributed by atoms with Gasteiger partial charge in [0.1, 0.15) is 5.69 Å². The molecule has 1 heterocycles. The van der Waals surface area contributed by atoms with E-state index in [-0.39, 0.29) is 24.8 Å². The van der Waals surface area contributed by atoms with Gasteiger partial charge in [-0.05, 0) is 6.92 Å². The summed E-state index contributed by atoms with van der Waals surface area (Å²) in [5, 5.41) is 6.61. The number of nitrogens with two attached hydrogens (primary N) is 1. The van der Waals surface area contributed by atoms with Crippen LogP contribution in [0.15, 0.2) is 0 Å². The maximum absolute atomic E-state index is 11.8. The Balaban J connectivity index is 2.61. The van der Waals surface area contributed by atoms with Gasteiger partial charge in [-0.3, -0.25) is 14.3 Å². The lowest BCUT2D eigenvalue weighted by Gasteiger charge is -2.05. The summed E-state index contributed by atoms with van der Waals surface area (Å²) in [6.45, 7) is 1.93. The number of carbonyl (C=O) groups excluding carboxylic acids is 2. The number of rotatable bonds is 4. The molecule has 0 aliphatic heterocycles. The first-order valence-corrected chi connectivity index (χ1v) is 5.11. The van der Waals surface area contributed by atoms with Crippen molar-refractivity contribution in [1.82, 2.24) is 15.1 Å². The Labute approximate surface area is 98.9 Å². The van der Waals surface area contributed by atoms with E-state index in [1.165, 1.54) is 11.8 Å². The number of hydrogen-bond donors (Lipinski definition) is 2. The van der Waals surface area contributed by atoms with Gasteiger partial charge in [0.2, 0.25) is 0 Å². The van der Waals surface area contributed by atoms with Crippen molar-refractivity contribution in [1.29, 1.82) is 0 Å². The standard InChI is InChI=1S/C10H16N4O3/c1-6-8(11)9(14(2)13-6)10(16)12-5-4-7(15)17-3/h4-5,11H2,1-3H3,(H,12,16). The van der Waals surface area contributed by atoms with Gasteiger partial charge in [0.05, 0.1) is 24.9 Å². The highest BCUT2D eigenvalue weighted by atomic mass is 16.5. The summed E-state index contributed by atoms with van der Waals surface area (Å²) in [5.74, 6) is -0.728. The van der Waals surface area contributed by atoms with Crippen molar-refractivity contribution in [3.8, 4) is 0 Å². The largest absolute Gasteiger partial charge is 0.469 e. The van der Waals surface area contributed by atoms with E-state index in [1.807, 2.05) is 0 Å². The topological polar surface area (TPSA) is 99.2 Å². The Bertz CT molecular complexity index is 439. The van der Waals surface area contributed by atoms with Gasteiger partial charge in [-0.2, -0.15) is 5.10 Å². The van der Waals surface area contributed by atoms with Crippen LogP contribution in [0, 0.1) is 6.92 Å². The van der Waals surface area contributed by atoms with Gasteiger partial charge >= 0.3 is 5.97 Å². The summed E-state index contributed by atoms with van der Waals surface area (Å²) in [6, 6.07) is 0. The molecule has 0 radical (unpaired) electrons. The number of anilines is 1. The van der Waals surface area contributed by atoms with Crippen LogP contribution in [0.2, 0.25) is 0 Å². The molecule has 1 aromatic rings. The number of aromatic nitrogens is 2. The zero-order valence-electron chi connectivity index (χ0n) is 10.1. The maximum atomic E-state index is 11.8. The number of nitrogens with one attached hydrogen (secondary N) is 1. The van der Waals surface area contributed by atoms with Crippen LogP contribution in [0.1, 0.15) is 22.6 Å². The number of aryl methyl sites for hydroxylation is 2. The highest BCUT2D eigenvalue weighted by Gasteiger charge is 2.17. The number of carbonyl (C=O) groups is 2. The van der Waals surface area contributed by atoms with E-state index in [0.29, 0.717) is 17.1 Å². The molecule has 7 heteroatoms. The second-order valence-corrected chi connectivity index (χ2v) is 3.55. The number of amides is 1. The van der Waals surface area contributed by atoms with Gasteiger partial charge in [-0.25, -0.2) is 0 Å². The third-order valence-electron chi connectivity index (χ3n) is 2.33. The summed E-state index contributed by atoms with van der Waals surface area (Å²) in [4.78, 5) is 22.6. The number of esters is 1. The Morgan fingerprint density at radius 3 is 2.65 bits per heavy atom. The van der Waals surface area contributed by atoms with Crippen molar-refractivity contribution in [2.75, 3.05) is 19.4 Å². The Kier molecular flexibility index (Phi) is 4.08. The fourth-order valence-corrected chi connectivity index (χ4v) is 1.41. The fourth-order valence-electron chi connectivity index (χ4n) is 1.41. The van der Waals surface area contributed by atoms with Crippen LogP contribution >= 0.6 is 0 Å². The number of hydrogen-bond acceptors (Lipinski definition) is 5. The SMILES string of the molecule is COC(=O)CCNC(=O)c1c(N)c(C)nn1C. The molecule has 0 aliphatic carbocycles. The van der Waals surface area contributed by atoms with Crippen molar-refractivity contribution in [2.24, 2.45) is 7.05 Å². The molecule has 94 valence electrons. The first kappa shape index (κ1) is 13.0. The molecule has 0 atom stereocenters. The lowest BCUT2D eigenvalue weighted by atomic mass is 10.3. The van der Waals surface area contributed by atoms with E-state index in [2.05, 4.69) is 15.2 Å². The van der Waals surface area contributed by atoms with Crippen LogP contribution in [0.3, 0.4) is 0 Å². The van der Waals surface area contributed by atoms with E-state index in [1.54, 1.807) is 14.0 Å². The molecule has 1 rings (SSSR count). The summed E-state index contributed by atoms with van der Waals surface area (Å²) < 4.78 is 5.87. The van der Waals surface area contributed by atoms with Crippen molar-refractivity contribution >= 4 is 17.6 Å². The molecule has 0 spiro atoms. The molecule has 0 fully saturated rings. The monoisotopic (exact) mass is 240 g/mol. The minimum absolute atomic E-state index is 0.124. The van der Waals surface area contributed by atoms with Crippen LogP contribution in [0.25, 0.3) is 0 Å². The average Bonchev–Trinajstić information content (AvgIpc) is 2.52. The lowest BCUT2D eigenvalue weighted by Crippen LogP contribution is -2.28. The zero-order chi connectivity index (χ0) is 13.0. The second kappa shape index (κ2) is 5.33. The highest BCUT2D eigenvalue weighted by molar-refractivity contribution is 5.98. The molecule has 0 saturated carbocycles. The van der Waals surface area contributed by atoms with E-state index in [9.17, 15) is 9.59 Å². The summed E-state index contributed by atoms with van der Waals surface area (Å²) >= 11 is 0. The molecule has 0 unspecified atom stereocenters. The molecule has 3 N–H and O–H groups in total. The normalized spacial score (nSPS) is 10.1. The van der Waals surface area contributed by atoms with Crippen LogP contribution in [-0.4, -0.2) is 35.3 Å². The second-order valence-electron chi connectivity index (χ2n) is 3.55. The summed E-state index contributed by atoms with van der Waals surface area (Å²) in [7, 11) is 2.94. The molecule has 0 bridgehead atoms. The van der Waals surface area contributed by atoms with Gasteiger partial charge in [0, 0.05) is 13.6 Å². The molecule has 7 nitrogen and oxygen atoms in total. The van der Waals surface area contributed by atoms with Gasteiger partial charge in [-0.15, -0.1) is 0 Å². The Morgan fingerprint density at radius 1 is 1.53 bits per heavy atom. The van der Waals surface area contributed by atoms with Gasteiger partial charge in [-0.1, -0.05) is 0 Å². The predicted octanol–water partition coefficient (Wildman–Crippen LogP) is -0.396. The lowest BCUT2D eigenvalue weighted by molar-refractivity contribution is -0.140. The third kappa shape index (κ3) is 2.96. The fraction of sp³-hybridized carbons (Fsp3) is 0.500. The summed E-state index contributed by atoms with van der Waals surface area (Å²) in [6.07, 6.45) is 0.124. The van der Waals surface area contributed by atoms with E-state index >= 15 is 0 Å². The molecule has 0 saturated heterocycles. The van der Waals surface area contributed by atoms with E-state index < -0.39 is 0 Å². The van der Waals surface area contributed by atoms with Crippen molar-refractivity contribution in [2.45, 2.75) is 13.3 Å². The molecular formula is C10H16N4O3. The van der Waals surface area contributed by atoms with E-state index in [0.717, 1.165) is 0 Å².